The largest absolute Gasteiger partial charge is 0.354 e. The molecule has 0 spiro atoms. The first-order valence-corrected chi connectivity index (χ1v) is 9.29. The first kappa shape index (κ1) is 17.4. The van der Waals surface area contributed by atoms with Gasteiger partial charge in [-0.15, -0.1) is 0 Å². The third-order valence-corrected chi connectivity index (χ3v) is 5.34. The van der Waals surface area contributed by atoms with E-state index in [4.69, 9.17) is 0 Å². The number of hydrogen-bond acceptors (Lipinski definition) is 3. The zero-order chi connectivity index (χ0) is 16.0. The lowest BCUT2D eigenvalue weighted by Crippen LogP contribution is -2.44. The van der Waals surface area contributed by atoms with E-state index in [0.29, 0.717) is 12.5 Å². The van der Waals surface area contributed by atoms with Gasteiger partial charge in [0.15, 0.2) is 0 Å². The molecule has 0 saturated carbocycles. The number of hydrogen-bond donors (Lipinski definition) is 2. The van der Waals surface area contributed by atoms with Gasteiger partial charge in [-0.1, -0.05) is 44.2 Å². The zero-order valence-electron chi connectivity index (χ0n) is 13.9. The maximum absolute atomic E-state index is 12.2. The van der Waals surface area contributed by atoms with Crippen molar-refractivity contribution in [2.75, 3.05) is 18.1 Å². The summed E-state index contributed by atoms with van der Waals surface area (Å²) in [6.45, 7) is 7.60. The molecule has 1 fully saturated rings. The van der Waals surface area contributed by atoms with E-state index in [1.165, 1.54) is 5.56 Å². The number of nitrogens with one attached hydrogen (secondary N) is 2. The van der Waals surface area contributed by atoms with Crippen LogP contribution in [0.3, 0.4) is 0 Å². The van der Waals surface area contributed by atoms with Crippen LogP contribution in [0.25, 0.3) is 0 Å². The molecule has 0 bridgehead atoms. The molecule has 2 N–H and O–H groups in total. The number of benzene rings is 1. The van der Waals surface area contributed by atoms with Crippen molar-refractivity contribution in [3.63, 3.8) is 0 Å². The summed E-state index contributed by atoms with van der Waals surface area (Å²) in [5.74, 6) is 2.35. The van der Waals surface area contributed by atoms with Gasteiger partial charge in [0, 0.05) is 36.6 Å². The van der Waals surface area contributed by atoms with Crippen molar-refractivity contribution < 1.29 is 4.79 Å². The van der Waals surface area contributed by atoms with Gasteiger partial charge in [-0.25, -0.2) is 0 Å². The van der Waals surface area contributed by atoms with E-state index in [1.54, 1.807) is 0 Å². The quantitative estimate of drug-likeness (QED) is 0.847. The Kier molecular flexibility index (Phi) is 6.33. The van der Waals surface area contributed by atoms with Gasteiger partial charge in [0.05, 0.1) is 0 Å². The van der Waals surface area contributed by atoms with Gasteiger partial charge >= 0.3 is 0 Å². The molecule has 3 nitrogen and oxygen atoms in total. The van der Waals surface area contributed by atoms with E-state index < -0.39 is 0 Å². The predicted molar refractivity (Wildman–Crippen MR) is 95.4 cm³/mol. The van der Waals surface area contributed by atoms with Crippen molar-refractivity contribution in [1.82, 2.24) is 10.6 Å². The Morgan fingerprint density at radius 3 is 2.77 bits per heavy atom. The van der Waals surface area contributed by atoms with E-state index >= 15 is 0 Å². The van der Waals surface area contributed by atoms with E-state index in [2.05, 4.69) is 55.7 Å². The molecule has 1 aromatic carbocycles. The Labute approximate surface area is 138 Å². The van der Waals surface area contributed by atoms with Gasteiger partial charge in [0.1, 0.15) is 0 Å². The molecule has 1 aliphatic rings. The molecule has 4 heteroatoms. The molecular formula is C18H28N2OS. The van der Waals surface area contributed by atoms with Crippen molar-refractivity contribution in [1.29, 1.82) is 0 Å². The van der Waals surface area contributed by atoms with Gasteiger partial charge < -0.3 is 10.6 Å². The average molecular weight is 321 g/mol. The topological polar surface area (TPSA) is 41.1 Å². The second kappa shape index (κ2) is 8.02. The summed E-state index contributed by atoms with van der Waals surface area (Å²) in [6, 6.07) is 11.0. The van der Waals surface area contributed by atoms with Crippen LogP contribution < -0.4 is 10.6 Å². The molecule has 2 unspecified atom stereocenters. The molecule has 122 valence electrons. The highest BCUT2D eigenvalue weighted by Gasteiger charge is 2.24. The van der Waals surface area contributed by atoms with Crippen LogP contribution >= 0.6 is 11.8 Å². The SMILES string of the molecule is CC(CC(C)(C)c1ccccc1)NC(=O)CC1CSCCN1. The van der Waals surface area contributed by atoms with Crippen molar-refractivity contribution in [3.8, 4) is 0 Å². The highest BCUT2D eigenvalue weighted by Crippen LogP contribution is 2.28. The minimum absolute atomic E-state index is 0.0624. The monoisotopic (exact) mass is 320 g/mol. The van der Waals surface area contributed by atoms with Crippen LogP contribution in [0.5, 0.6) is 0 Å². The molecule has 1 amide bonds. The highest BCUT2D eigenvalue weighted by atomic mass is 32.2. The Bertz CT molecular complexity index is 469. The first-order valence-electron chi connectivity index (χ1n) is 8.13. The van der Waals surface area contributed by atoms with Crippen molar-refractivity contribution in [3.05, 3.63) is 35.9 Å². The van der Waals surface area contributed by atoms with Crippen LogP contribution in [-0.2, 0) is 10.2 Å². The molecule has 0 radical (unpaired) electrons. The van der Waals surface area contributed by atoms with E-state index in [0.717, 1.165) is 24.5 Å². The minimum atomic E-state index is 0.0624. The second-order valence-electron chi connectivity index (χ2n) is 6.85. The van der Waals surface area contributed by atoms with Gasteiger partial charge in [0.25, 0.3) is 0 Å². The Morgan fingerprint density at radius 1 is 1.41 bits per heavy atom. The number of carbonyl (C=O) groups excluding carboxylic acids is 1. The van der Waals surface area contributed by atoms with Crippen molar-refractivity contribution in [2.45, 2.75) is 51.1 Å². The van der Waals surface area contributed by atoms with Crippen LogP contribution in [0, 0.1) is 0 Å². The molecule has 1 saturated heterocycles. The lowest BCUT2D eigenvalue weighted by Gasteiger charge is -2.30. The average Bonchev–Trinajstić information content (AvgIpc) is 2.48. The fourth-order valence-electron chi connectivity index (χ4n) is 3.13. The molecule has 2 atom stereocenters. The lowest BCUT2D eigenvalue weighted by atomic mass is 9.79. The van der Waals surface area contributed by atoms with E-state index in [1.807, 2.05) is 17.8 Å². The van der Waals surface area contributed by atoms with Crippen LogP contribution in [0.15, 0.2) is 30.3 Å². The molecule has 22 heavy (non-hydrogen) atoms. The summed E-state index contributed by atoms with van der Waals surface area (Å²) in [5, 5.41) is 6.58. The van der Waals surface area contributed by atoms with Crippen LogP contribution in [-0.4, -0.2) is 36.0 Å². The van der Waals surface area contributed by atoms with Gasteiger partial charge in [-0.3, -0.25) is 4.79 Å². The smallest absolute Gasteiger partial charge is 0.221 e. The van der Waals surface area contributed by atoms with Gasteiger partial charge in [-0.05, 0) is 24.3 Å². The molecule has 1 heterocycles. The van der Waals surface area contributed by atoms with E-state index in [-0.39, 0.29) is 17.4 Å². The fourth-order valence-corrected chi connectivity index (χ4v) is 4.08. The Balaban J connectivity index is 1.81. The van der Waals surface area contributed by atoms with Crippen molar-refractivity contribution in [2.24, 2.45) is 0 Å². The number of carbonyl (C=O) groups is 1. The fraction of sp³-hybridized carbons (Fsp3) is 0.611. The maximum Gasteiger partial charge on any atom is 0.221 e. The summed E-state index contributed by atoms with van der Waals surface area (Å²) in [4.78, 5) is 12.2. The van der Waals surface area contributed by atoms with Crippen LogP contribution in [0.2, 0.25) is 0 Å². The van der Waals surface area contributed by atoms with Crippen molar-refractivity contribution >= 4 is 17.7 Å². The summed E-state index contributed by atoms with van der Waals surface area (Å²) >= 11 is 1.93. The standard InChI is InChI=1S/C18H28N2OS/c1-14(12-18(2,3)15-7-5-4-6-8-15)20-17(21)11-16-13-22-10-9-19-16/h4-8,14,16,19H,9-13H2,1-3H3,(H,20,21). The summed E-state index contributed by atoms with van der Waals surface area (Å²) < 4.78 is 0. The number of amides is 1. The molecule has 1 aromatic rings. The minimum Gasteiger partial charge on any atom is -0.354 e. The Hall–Kier alpha value is -1.000. The number of rotatable bonds is 6. The van der Waals surface area contributed by atoms with Crippen LogP contribution in [0.4, 0.5) is 0 Å². The molecular weight excluding hydrogens is 292 g/mol. The van der Waals surface area contributed by atoms with Gasteiger partial charge in [0.2, 0.25) is 5.91 Å². The van der Waals surface area contributed by atoms with Crippen LogP contribution in [0.1, 0.15) is 39.2 Å². The third-order valence-electron chi connectivity index (χ3n) is 4.21. The zero-order valence-corrected chi connectivity index (χ0v) is 14.7. The molecule has 1 aliphatic heterocycles. The summed E-state index contributed by atoms with van der Waals surface area (Å²) in [5.41, 5.74) is 1.38. The Morgan fingerprint density at radius 2 is 2.14 bits per heavy atom. The predicted octanol–water partition coefficient (Wildman–Crippen LogP) is 2.95. The highest BCUT2D eigenvalue weighted by molar-refractivity contribution is 7.99. The van der Waals surface area contributed by atoms with Gasteiger partial charge in [-0.2, -0.15) is 11.8 Å². The molecule has 2 rings (SSSR count). The first-order chi connectivity index (χ1) is 10.5. The lowest BCUT2D eigenvalue weighted by molar-refractivity contribution is -0.122. The van der Waals surface area contributed by atoms with E-state index in [9.17, 15) is 4.79 Å². The summed E-state index contributed by atoms with van der Waals surface area (Å²) in [6.07, 6.45) is 1.53. The molecule has 0 aliphatic carbocycles. The third kappa shape index (κ3) is 5.33. The summed E-state index contributed by atoms with van der Waals surface area (Å²) in [7, 11) is 0. The number of thioether (sulfide) groups is 1. The normalized spacial score (nSPS) is 20.4. The second-order valence-corrected chi connectivity index (χ2v) is 8.00. The maximum atomic E-state index is 12.2. The molecule has 0 aromatic heterocycles.